The van der Waals surface area contributed by atoms with Crippen LogP contribution in [0.25, 0.3) is 0 Å². The van der Waals surface area contributed by atoms with E-state index in [1.165, 1.54) is 18.5 Å². The van der Waals surface area contributed by atoms with E-state index < -0.39 is 0 Å². The number of nitrogens with one attached hydrogen (secondary N) is 2. The SMILES string of the molecule is C=CC(=O)Nc1cccc(Cl)c1Nc1ncc(OCCc2cc(OC)cc(OC)c2Cl)cn1. The normalized spacial score (nSPS) is 10.3. The molecule has 0 aliphatic heterocycles. The largest absolute Gasteiger partial charge is 0.497 e. The number of hydrogen-bond donors (Lipinski definition) is 2. The lowest BCUT2D eigenvalue weighted by atomic mass is 10.1. The highest BCUT2D eigenvalue weighted by atomic mass is 35.5. The highest BCUT2D eigenvalue weighted by molar-refractivity contribution is 6.34. The van der Waals surface area contributed by atoms with Crippen LogP contribution in [0, 0.1) is 0 Å². The van der Waals surface area contributed by atoms with Gasteiger partial charge in [-0.25, -0.2) is 9.97 Å². The van der Waals surface area contributed by atoms with Crippen LogP contribution in [0.1, 0.15) is 5.56 Å². The van der Waals surface area contributed by atoms with Crippen molar-refractivity contribution in [3.8, 4) is 17.2 Å². The Morgan fingerprint density at radius 2 is 1.88 bits per heavy atom. The van der Waals surface area contributed by atoms with Crippen molar-refractivity contribution < 1.29 is 19.0 Å². The number of nitrogens with zero attached hydrogens (tertiary/aromatic N) is 2. The molecule has 172 valence electrons. The summed E-state index contributed by atoms with van der Waals surface area (Å²) < 4.78 is 16.3. The predicted octanol–water partition coefficient (Wildman–Crippen LogP) is 5.29. The number of anilines is 3. The van der Waals surface area contributed by atoms with Gasteiger partial charge in [0, 0.05) is 12.5 Å². The molecule has 8 nitrogen and oxygen atoms in total. The summed E-state index contributed by atoms with van der Waals surface area (Å²) in [5, 5.41) is 6.60. The molecule has 0 bridgehead atoms. The number of para-hydroxylation sites is 1. The average Bonchev–Trinajstić information content (AvgIpc) is 2.83. The van der Waals surface area contributed by atoms with Gasteiger partial charge < -0.3 is 24.8 Å². The fourth-order valence-corrected chi connectivity index (χ4v) is 3.36. The summed E-state index contributed by atoms with van der Waals surface area (Å²) in [7, 11) is 3.13. The third kappa shape index (κ3) is 6.27. The van der Waals surface area contributed by atoms with E-state index in [2.05, 4.69) is 27.2 Å². The van der Waals surface area contributed by atoms with Gasteiger partial charge >= 0.3 is 0 Å². The summed E-state index contributed by atoms with van der Waals surface area (Å²) in [5.41, 5.74) is 1.77. The van der Waals surface area contributed by atoms with Crippen molar-refractivity contribution >= 4 is 46.4 Å². The Kier molecular flexibility index (Phi) is 8.34. The third-order valence-corrected chi connectivity index (χ3v) is 5.25. The Hall–Kier alpha value is -3.49. The van der Waals surface area contributed by atoms with Crippen LogP contribution >= 0.6 is 23.2 Å². The first-order chi connectivity index (χ1) is 15.9. The van der Waals surface area contributed by atoms with E-state index in [-0.39, 0.29) is 11.9 Å². The molecule has 1 heterocycles. The number of aromatic nitrogens is 2. The lowest BCUT2D eigenvalue weighted by molar-refractivity contribution is -0.111. The number of carbonyl (C=O) groups is 1. The van der Waals surface area contributed by atoms with Crippen LogP contribution in [0.4, 0.5) is 17.3 Å². The standard InChI is InChI=1S/C23H22Cl2N4O4/c1-4-20(30)28-18-7-5-6-17(24)22(18)29-23-26-12-16(13-27-23)33-9-8-14-10-15(31-2)11-19(32-3)21(14)25/h4-7,10-13H,1,8-9H2,2-3H3,(H,28,30)(H,26,27,29). The van der Waals surface area contributed by atoms with Gasteiger partial charge in [-0.2, -0.15) is 0 Å². The molecule has 0 radical (unpaired) electrons. The minimum Gasteiger partial charge on any atom is -0.497 e. The summed E-state index contributed by atoms with van der Waals surface area (Å²) in [6.07, 6.45) is 4.75. The van der Waals surface area contributed by atoms with E-state index in [4.69, 9.17) is 37.4 Å². The molecule has 0 fully saturated rings. The van der Waals surface area contributed by atoms with Gasteiger partial charge in [-0.05, 0) is 29.8 Å². The number of hydrogen-bond acceptors (Lipinski definition) is 7. The van der Waals surface area contributed by atoms with Crippen LogP contribution in [0.3, 0.4) is 0 Å². The lowest BCUT2D eigenvalue weighted by Crippen LogP contribution is -2.10. The summed E-state index contributed by atoms with van der Waals surface area (Å²) in [5.74, 6) is 1.58. The maximum absolute atomic E-state index is 11.7. The van der Waals surface area contributed by atoms with Gasteiger partial charge in [-0.3, -0.25) is 4.79 Å². The fraction of sp³-hybridized carbons (Fsp3) is 0.174. The molecule has 0 unspecified atom stereocenters. The summed E-state index contributed by atoms with van der Waals surface area (Å²) in [6, 6.07) is 8.66. The first kappa shape index (κ1) is 24.2. The number of ether oxygens (including phenoxy) is 3. The highest BCUT2D eigenvalue weighted by Crippen LogP contribution is 2.34. The van der Waals surface area contributed by atoms with Gasteiger partial charge in [0.05, 0.1) is 54.6 Å². The maximum Gasteiger partial charge on any atom is 0.247 e. The molecule has 3 rings (SSSR count). The molecule has 0 aliphatic rings. The van der Waals surface area contributed by atoms with Gasteiger partial charge in [0.2, 0.25) is 11.9 Å². The van der Waals surface area contributed by atoms with E-state index in [0.717, 1.165) is 5.56 Å². The van der Waals surface area contributed by atoms with E-state index in [9.17, 15) is 4.79 Å². The number of rotatable bonds is 10. The number of methoxy groups -OCH3 is 2. The second-order valence-electron chi connectivity index (χ2n) is 6.62. The van der Waals surface area contributed by atoms with Crippen molar-refractivity contribution in [2.45, 2.75) is 6.42 Å². The zero-order valence-corrected chi connectivity index (χ0v) is 19.5. The minimum absolute atomic E-state index is 0.283. The Labute approximate surface area is 201 Å². The molecular formula is C23H22Cl2N4O4. The highest BCUT2D eigenvalue weighted by Gasteiger charge is 2.12. The van der Waals surface area contributed by atoms with Crippen LogP contribution < -0.4 is 24.8 Å². The first-order valence-corrected chi connectivity index (χ1v) is 10.5. The Morgan fingerprint density at radius 1 is 1.12 bits per heavy atom. The van der Waals surface area contributed by atoms with E-state index in [0.29, 0.717) is 51.7 Å². The van der Waals surface area contributed by atoms with Crippen molar-refractivity contribution in [1.82, 2.24) is 9.97 Å². The molecule has 0 saturated carbocycles. The van der Waals surface area contributed by atoms with Gasteiger partial charge in [0.1, 0.15) is 11.5 Å². The number of halogens is 2. The van der Waals surface area contributed by atoms with Crippen LogP contribution in [-0.2, 0) is 11.2 Å². The molecule has 0 aliphatic carbocycles. The Morgan fingerprint density at radius 3 is 2.55 bits per heavy atom. The summed E-state index contributed by atoms with van der Waals surface area (Å²) in [6.45, 7) is 3.79. The van der Waals surface area contributed by atoms with E-state index in [1.807, 2.05) is 6.07 Å². The second kappa shape index (κ2) is 11.4. The fourth-order valence-electron chi connectivity index (χ4n) is 2.86. The minimum atomic E-state index is -0.362. The van der Waals surface area contributed by atoms with Gasteiger partial charge in [-0.15, -0.1) is 0 Å². The molecule has 0 saturated heterocycles. The molecule has 2 N–H and O–H groups in total. The topological polar surface area (TPSA) is 94.6 Å². The van der Waals surface area contributed by atoms with Crippen LogP contribution in [0.5, 0.6) is 17.2 Å². The summed E-state index contributed by atoms with van der Waals surface area (Å²) >= 11 is 12.6. The van der Waals surface area contributed by atoms with Crippen molar-refractivity contribution in [3.63, 3.8) is 0 Å². The predicted molar refractivity (Wildman–Crippen MR) is 129 cm³/mol. The van der Waals surface area contributed by atoms with Gasteiger partial charge in [0.25, 0.3) is 0 Å². The third-order valence-electron chi connectivity index (χ3n) is 4.51. The molecule has 33 heavy (non-hydrogen) atoms. The zero-order valence-electron chi connectivity index (χ0n) is 18.0. The van der Waals surface area contributed by atoms with Crippen LogP contribution in [0.15, 0.2) is 55.4 Å². The number of carbonyl (C=O) groups excluding carboxylic acids is 1. The Bertz CT molecular complexity index is 1140. The van der Waals surface area contributed by atoms with Gasteiger partial charge in [-0.1, -0.05) is 35.8 Å². The van der Waals surface area contributed by atoms with E-state index >= 15 is 0 Å². The van der Waals surface area contributed by atoms with Crippen LogP contribution in [-0.4, -0.2) is 36.7 Å². The molecular weight excluding hydrogens is 467 g/mol. The van der Waals surface area contributed by atoms with Crippen molar-refractivity contribution in [1.29, 1.82) is 0 Å². The molecule has 1 aromatic heterocycles. The Balaban J connectivity index is 1.64. The zero-order chi connectivity index (χ0) is 23.8. The number of amides is 1. The molecule has 0 spiro atoms. The average molecular weight is 489 g/mol. The second-order valence-corrected chi connectivity index (χ2v) is 7.41. The van der Waals surface area contributed by atoms with Crippen molar-refractivity contribution in [2.24, 2.45) is 0 Å². The van der Waals surface area contributed by atoms with Crippen molar-refractivity contribution in [3.05, 3.63) is 71.0 Å². The quantitative estimate of drug-likeness (QED) is 0.374. The first-order valence-electron chi connectivity index (χ1n) is 9.79. The maximum atomic E-state index is 11.7. The molecule has 1 amide bonds. The number of benzene rings is 2. The molecule has 3 aromatic rings. The molecule has 10 heteroatoms. The van der Waals surface area contributed by atoms with Crippen LogP contribution in [0.2, 0.25) is 10.0 Å². The van der Waals surface area contributed by atoms with Crippen molar-refractivity contribution in [2.75, 3.05) is 31.5 Å². The lowest BCUT2D eigenvalue weighted by Gasteiger charge is -2.14. The van der Waals surface area contributed by atoms with Gasteiger partial charge in [0.15, 0.2) is 5.75 Å². The molecule has 0 atom stereocenters. The smallest absolute Gasteiger partial charge is 0.247 e. The van der Waals surface area contributed by atoms with E-state index in [1.54, 1.807) is 38.5 Å². The summed E-state index contributed by atoms with van der Waals surface area (Å²) in [4.78, 5) is 20.2. The molecule has 2 aromatic carbocycles. The monoisotopic (exact) mass is 488 g/mol.